The molecule has 1 fully saturated rings. The standard InChI is InChI=1S/C20H21N3O/c24-19(21-16-10-4-5-11-16)14-23-18-13-7-6-12-17(18)22-20(23)15-8-2-1-3-9-15/h1-3,6-9,12-13,16H,4-5,10-11,14H2,(H,21,24). The number of carbonyl (C=O) groups is 1. The highest BCUT2D eigenvalue weighted by atomic mass is 16.2. The van der Waals surface area contributed by atoms with Crippen molar-refractivity contribution in [3.05, 3.63) is 54.6 Å². The van der Waals surface area contributed by atoms with Gasteiger partial charge in [0.2, 0.25) is 5.91 Å². The number of amides is 1. The predicted molar refractivity (Wildman–Crippen MR) is 95.6 cm³/mol. The number of aromatic nitrogens is 2. The summed E-state index contributed by atoms with van der Waals surface area (Å²) in [7, 11) is 0. The fourth-order valence-corrected chi connectivity index (χ4v) is 3.53. The van der Waals surface area contributed by atoms with Crippen LogP contribution in [0.5, 0.6) is 0 Å². The molecule has 2 aromatic carbocycles. The van der Waals surface area contributed by atoms with Gasteiger partial charge in [0.15, 0.2) is 0 Å². The fourth-order valence-electron chi connectivity index (χ4n) is 3.53. The Morgan fingerprint density at radius 2 is 1.75 bits per heavy atom. The van der Waals surface area contributed by atoms with Crippen molar-refractivity contribution in [3.8, 4) is 11.4 Å². The number of benzene rings is 2. The number of fused-ring (bicyclic) bond motifs is 1. The molecule has 0 radical (unpaired) electrons. The lowest BCUT2D eigenvalue weighted by Crippen LogP contribution is -2.35. The van der Waals surface area contributed by atoms with Gasteiger partial charge in [-0.15, -0.1) is 0 Å². The molecule has 3 aromatic rings. The summed E-state index contributed by atoms with van der Waals surface area (Å²) in [5, 5.41) is 3.17. The average molecular weight is 319 g/mol. The monoisotopic (exact) mass is 319 g/mol. The first kappa shape index (κ1) is 14.9. The van der Waals surface area contributed by atoms with Crippen LogP contribution in [0.4, 0.5) is 0 Å². The zero-order chi connectivity index (χ0) is 16.4. The van der Waals surface area contributed by atoms with Crippen molar-refractivity contribution in [3.63, 3.8) is 0 Å². The van der Waals surface area contributed by atoms with Crippen molar-refractivity contribution < 1.29 is 4.79 Å². The first-order valence-corrected chi connectivity index (χ1v) is 8.61. The maximum Gasteiger partial charge on any atom is 0.240 e. The van der Waals surface area contributed by atoms with E-state index in [0.717, 1.165) is 35.3 Å². The van der Waals surface area contributed by atoms with Gasteiger partial charge in [-0.05, 0) is 25.0 Å². The molecular weight excluding hydrogens is 298 g/mol. The molecule has 4 heteroatoms. The van der Waals surface area contributed by atoms with Gasteiger partial charge in [-0.2, -0.15) is 0 Å². The zero-order valence-corrected chi connectivity index (χ0v) is 13.6. The number of hydrogen-bond acceptors (Lipinski definition) is 2. The minimum absolute atomic E-state index is 0.0715. The third-order valence-corrected chi connectivity index (χ3v) is 4.71. The second-order valence-corrected chi connectivity index (χ2v) is 6.43. The Balaban J connectivity index is 1.68. The Hall–Kier alpha value is -2.62. The van der Waals surface area contributed by atoms with Crippen LogP contribution in [0, 0.1) is 0 Å². The number of hydrogen-bond donors (Lipinski definition) is 1. The van der Waals surface area contributed by atoms with Crippen molar-refractivity contribution in [2.75, 3.05) is 0 Å². The Kier molecular flexibility index (Phi) is 4.03. The largest absolute Gasteiger partial charge is 0.352 e. The lowest BCUT2D eigenvalue weighted by Gasteiger charge is -2.14. The molecule has 0 bridgehead atoms. The molecule has 1 saturated carbocycles. The smallest absolute Gasteiger partial charge is 0.240 e. The van der Waals surface area contributed by atoms with E-state index < -0.39 is 0 Å². The van der Waals surface area contributed by atoms with Crippen LogP contribution in [0.3, 0.4) is 0 Å². The SMILES string of the molecule is O=C(Cn1c(-c2ccccc2)nc2ccccc21)NC1CCCC1. The number of nitrogens with zero attached hydrogens (tertiary/aromatic N) is 2. The molecule has 122 valence electrons. The van der Waals surface area contributed by atoms with Crippen molar-refractivity contribution in [1.29, 1.82) is 0 Å². The van der Waals surface area contributed by atoms with Gasteiger partial charge >= 0.3 is 0 Å². The summed E-state index contributed by atoms with van der Waals surface area (Å²) in [5.41, 5.74) is 2.95. The molecule has 0 saturated heterocycles. The quantitative estimate of drug-likeness (QED) is 0.796. The van der Waals surface area contributed by atoms with Crippen LogP contribution in [0.2, 0.25) is 0 Å². The van der Waals surface area contributed by atoms with Crippen molar-refractivity contribution in [2.24, 2.45) is 0 Å². The summed E-state index contributed by atoms with van der Waals surface area (Å²) < 4.78 is 2.02. The normalized spacial score (nSPS) is 15.0. The van der Waals surface area contributed by atoms with Crippen LogP contribution in [-0.2, 0) is 11.3 Å². The van der Waals surface area contributed by atoms with Gasteiger partial charge in [-0.25, -0.2) is 4.98 Å². The van der Waals surface area contributed by atoms with E-state index in [0.29, 0.717) is 12.6 Å². The summed E-state index contributed by atoms with van der Waals surface area (Å²) in [5.74, 6) is 0.917. The van der Waals surface area contributed by atoms with E-state index in [1.165, 1.54) is 12.8 Å². The number of rotatable bonds is 4. The minimum Gasteiger partial charge on any atom is -0.352 e. The molecule has 1 aliphatic rings. The van der Waals surface area contributed by atoms with E-state index in [1.807, 2.05) is 59.2 Å². The first-order chi connectivity index (χ1) is 11.8. The third-order valence-electron chi connectivity index (χ3n) is 4.71. The molecule has 1 heterocycles. The molecule has 24 heavy (non-hydrogen) atoms. The topological polar surface area (TPSA) is 46.9 Å². The molecular formula is C20H21N3O. The number of para-hydroxylation sites is 2. The highest BCUT2D eigenvalue weighted by Gasteiger charge is 2.19. The Morgan fingerprint density at radius 1 is 1.04 bits per heavy atom. The Morgan fingerprint density at radius 3 is 2.54 bits per heavy atom. The third kappa shape index (κ3) is 2.92. The van der Waals surface area contributed by atoms with Crippen LogP contribution >= 0.6 is 0 Å². The first-order valence-electron chi connectivity index (χ1n) is 8.61. The summed E-state index contributed by atoms with van der Waals surface area (Å²) in [4.78, 5) is 17.3. The number of carbonyl (C=O) groups excluding carboxylic acids is 1. The van der Waals surface area contributed by atoms with Crippen LogP contribution in [0.1, 0.15) is 25.7 Å². The number of imidazole rings is 1. The van der Waals surface area contributed by atoms with E-state index in [4.69, 9.17) is 4.98 Å². The predicted octanol–water partition coefficient (Wildman–Crippen LogP) is 3.76. The van der Waals surface area contributed by atoms with Crippen molar-refractivity contribution in [2.45, 2.75) is 38.3 Å². The van der Waals surface area contributed by atoms with E-state index in [-0.39, 0.29) is 5.91 Å². The minimum atomic E-state index is 0.0715. The van der Waals surface area contributed by atoms with Gasteiger partial charge in [-0.3, -0.25) is 4.79 Å². The van der Waals surface area contributed by atoms with Crippen LogP contribution in [0.15, 0.2) is 54.6 Å². The molecule has 0 aliphatic heterocycles. The molecule has 1 N–H and O–H groups in total. The van der Waals surface area contributed by atoms with Gasteiger partial charge in [0.1, 0.15) is 12.4 Å². The highest BCUT2D eigenvalue weighted by Crippen LogP contribution is 2.25. The molecule has 4 rings (SSSR count). The van der Waals surface area contributed by atoms with Crippen LogP contribution in [-0.4, -0.2) is 21.5 Å². The van der Waals surface area contributed by atoms with Crippen molar-refractivity contribution >= 4 is 16.9 Å². The van der Waals surface area contributed by atoms with Crippen LogP contribution < -0.4 is 5.32 Å². The Bertz CT molecular complexity index is 848. The van der Waals surface area contributed by atoms with Crippen LogP contribution in [0.25, 0.3) is 22.4 Å². The van der Waals surface area contributed by atoms with Gasteiger partial charge < -0.3 is 9.88 Å². The lowest BCUT2D eigenvalue weighted by atomic mass is 10.2. The summed E-state index contributed by atoms with van der Waals surface area (Å²) >= 11 is 0. The number of nitrogens with one attached hydrogen (secondary N) is 1. The molecule has 0 spiro atoms. The van der Waals surface area contributed by atoms with E-state index in [2.05, 4.69) is 5.32 Å². The zero-order valence-electron chi connectivity index (χ0n) is 13.6. The maximum absolute atomic E-state index is 12.5. The molecule has 4 nitrogen and oxygen atoms in total. The van der Waals surface area contributed by atoms with Gasteiger partial charge in [0, 0.05) is 11.6 Å². The molecule has 1 amide bonds. The van der Waals surface area contributed by atoms with Gasteiger partial charge in [-0.1, -0.05) is 55.3 Å². The van der Waals surface area contributed by atoms with E-state index in [9.17, 15) is 4.79 Å². The summed E-state index contributed by atoms with van der Waals surface area (Å²) in [6, 6.07) is 18.4. The summed E-state index contributed by atoms with van der Waals surface area (Å²) in [6.45, 7) is 0.307. The van der Waals surface area contributed by atoms with Gasteiger partial charge in [0.05, 0.1) is 11.0 Å². The Labute approximate surface area is 141 Å². The highest BCUT2D eigenvalue weighted by molar-refractivity contribution is 5.84. The lowest BCUT2D eigenvalue weighted by molar-refractivity contribution is -0.122. The van der Waals surface area contributed by atoms with E-state index >= 15 is 0 Å². The fraction of sp³-hybridized carbons (Fsp3) is 0.300. The second-order valence-electron chi connectivity index (χ2n) is 6.43. The van der Waals surface area contributed by atoms with E-state index in [1.54, 1.807) is 0 Å². The summed E-state index contributed by atoms with van der Waals surface area (Å²) in [6.07, 6.45) is 4.63. The maximum atomic E-state index is 12.5. The molecule has 0 atom stereocenters. The molecule has 1 aromatic heterocycles. The van der Waals surface area contributed by atoms with Gasteiger partial charge in [0.25, 0.3) is 0 Å². The van der Waals surface area contributed by atoms with Crippen molar-refractivity contribution in [1.82, 2.24) is 14.9 Å². The average Bonchev–Trinajstić information content (AvgIpc) is 3.24. The molecule has 0 unspecified atom stereocenters. The second kappa shape index (κ2) is 6.48. The molecule has 1 aliphatic carbocycles.